The number of aromatic nitrogens is 1. The van der Waals surface area contributed by atoms with Crippen LogP contribution in [0.4, 0.5) is 17.6 Å². The second kappa shape index (κ2) is 11.8. The number of amidine groups is 1. The van der Waals surface area contributed by atoms with E-state index in [0.29, 0.717) is 5.01 Å². The molecule has 5 rings (SSSR count). The van der Waals surface area contributed by atoms with Crippen molar-refractivity contribution in [3.63, 3.8) is 0 Å². The molecule has 0 radical (unpaired) electrons. The molecular formula is C27H28ClF4N5O5S. The Hall–Kier alpha value is -3.11. The molecule has 1 aromatic heterocycles. The molecule has 0 saturated carbocycles. The van der Waals surface area contributed by atoms with Gasteiger partial charge in [-0.3, -0.25) is 19.5 Å². The van der Waals surface area contributed by atoms with Gasteiger partial charge >= 0.3 is 11.9 Å². The Morgan fingerprint density at radius 3 is 2.74 bits per heavy atom. The minimum Gasteiger partial charge on any atom is -0.481 e. The van der Waals surface area contributed by atoms with Crippen LogP contribution >= 0.6 is 22.9 Å². The summed E-state index contributed by atoms with van der Waals surface area (Å²) in [4.78, 5) is 40.5. The van der Waals surface area contributed by atoms with Gasteiger partial charge in [0.25, 0.3) is 5.92 Å². The number of nitrogens with one attached hydrogen (secondary N) is 1. The smallest absolute Gasteiger partial charge is 0.338 e. The summed E-state index contributed by atoms with van der Waals surface area (Å²) in [7, 11) is 1.16. The van der Waals surface area contributed by atoms with E-state index in [2.05, 4.69) is 15.3 Å². The van der Waals surface area contributed by atoms with E-state index in [1.54, 1.807) is 11.6 Å². The van der Waals surface area contributed by atoms with Crippen molar-refractivity contribution in [2.75, 3.05) is 33.4 Å². The van der Waals surface area contributed by atoms with Gasteiger partial charge in [-0.05, 0) is 26.0 Å². The van der Waals surface area contributed by atoms with Crippen molar-refractivity contribution >= 4 is 40.7 Å². The lowest BCUT2D eigenvalue weighted by atomic mass is 9.87. The molecule has 3 aliphatic heterocycles. The average Bonchev–Trinajstić information content (AvgIpc) is 3.67. The molecule has 2 N–H and O–H groups in total. The zero-order valence-electron chi connectivity index (χ0n) is 23.2. The molecule has 16 heteroatoms. The van der Waals surface area contributed by atoms with Gasteiger partial charge in [0, 0.05) is 34.4 Å². The van der Waals surface area contributed by atoms with Gasteiger partial charge in [-0.25, -0.2) is 27.3 Å². The van der Waals surface area contributed by atoms with Gasteiger partial charge in [0.1, 0.15) is 24.1 Å². The second-order valence-corrected chi connectivity index (χ2v) is 12.3. The van der Waals surface area contributed by atoms with E-state index < -0.39 is 66.5 Å². The molecule has 43 heavy (non-hydrogen) atoms. The number of nitrogens with zero attached hydrogens (tertiary/aromatic N) is 4. The number of methoxy groups -OCH3 is 1. The average molecular weight is 646 g/mol. The first-order valence-electron chi connectivity index (χ1n) is 13.1. The number of carboxylic acid groups (broad SMARTS) is 1. The Morgan fingerprint density at radius 1 is 1.37 bits per heavy atom. The number of thiazole rings is 1. The molecule has 0 bridgehead atoms. The van der Waals surface area contributed by atoms with Crippen LogP contribution in [0.15, 0.2) is 46.0 Å². The van der Waals surface area contributed by atoms with Crippen LogP contribution in [-0.4, -0.2) is 95.4 Å². The Morgan fingerprint density at radius 2 is 2.12 bits per heavy atom. The number of halogens is 5. The van der Waals surface area contributed by atoms with Crippen LogP contribution in [0.1, 0.15) is 30.5 Å². The highest BCUT2D eigenvalue weighted by molar-refractivity contribution is 7.11. The molecule has 0 spiro atoms. The number of fused-ring (bicyclic) bond motifs is 1. The molecule has 2 saturated heterocycles. The summed E-state index contributed by atoms with van der Waals surface area (Å²) >= 11 is 7.61. The van der Waals surface area contributed by atoms with Crippen LogP contribution in [0.2, 0.25) is 5.02 Å². The first-order chi connectivity index (χ1) is 20.2. The van der Waals surface area contributed by atoms with Crippen LogP contribution in [0.5, 0.6) is 0 Å². The van der Waals surface area contributed by atoms with E-state index in [1.807, 2.05) is 0 Å². The minimum atomic E-state index is -3.37. The fourth-order valence-electron chi connectivity index (χ4n) is 5.35. The van der Waals surface area contributed by atoms with Gasteiger partial charge in [-0.15, -0.1) is 11.3 Å². The number of rotatable bonds is 9. The molecule has 1 aromatic carbocycles. The Kier molecular flexibility index (Phi) is 8.57. The Balaban J connectivity index is 1.50. The number of hydrogen-bond acceptors (Lipinski definition) is 10. The lowest BCUT2D eigenvalue weighted by Gasteiger charge is -2.31. The number of carboxylic acids is 1. The number of ether oxygens (including phenoxy) is 1. The summed E-state index contributed by atoms with van der Waals surface area (Å²) in [5.74, 6) is -5.95. The zero-order chi connectivity index (χ0) is 31.3. The van der Waals surface area contributed by atoms with Crippen molar-refractivity contribution in [3.05, 3.63) is 62.5 Å². The third-order valence-corrected chi connectivity index (χ3v) is 8.97. The van der Waals surface area contributed by atoms with Gasteiger partial charge in [0.2, 0.25) is 0 Å². The molecule has 0 aliphatic carbocycles. The number of esters is 1. The monoisotopic (exact) mass is 645 g/mol. The SMILES string of the molecule is COC(=O)C1=C(CN2CC(F)(F)[C@H]3[C@@H]2CON3C[C@@H](F)C(C)(C)C(=O)O)NC(c2nccs2)=N[C@H]1c1ccc(F)cc1Cl. The van der Waals surface area contributed by atoms with Crippen LogP contribution in [-0.2, 0) is 19.2 Å². The maximum Gasteiger partial charge on any atom is 0.338 e. The van der Waals surface area contributed by atoms with Crippen molar-refractivity contribution in [3.8, 4) is 0 Å². The quantitative estimate of drug-likeness (QED) is 0.310. The van der Waals surface area contributed by atoms with Crippen molar-refractivity contribution in [2.45, 2.75) is 44.1 Å². The lowest BCUT2D eigenvalue weighted by Crippen LogP contribution is -2.50. The highest BCUT2D eigenvalue weighted by Crippen LogP contribution is 2.43. The van der Waals surface area contributed by atoms with Crippen LogP contribution in [0, 0.1) is 11.2 Å². The van der Waals surface area contributed by atoms with Crippen LogP contribution in [0.25, 0.3) is 0 Å². The molecule has 0 amide bonds. The van der Waals surface area contributed by atoms with E-state index in [1.165, 1.54) is 36.2 Å². The predicted molar refractivity (Wildman–Crippen MR) is 148 cm³/mol. The van der Waals surface area contributed by atoms with Gasteiger partial charge in [-0.2, -0.15) is 5.06 Å². The molecule has 2 fully saturated rings. The molecule has 2 aromatic rings. The number of carbonyl (C=O) groups is 2. The van der Waals surface area contributed by atoms with Gasteiger partial charge in [0.15, 0.2) is 10.8 Å². The van der Waals surface area contributed by atoms with Crippen molar-refractivity contribution in [1.82, 2.24) is 20.3 Å². The number of hydrogen-bond donors (Lipinski definition) is 2. The van der Waals surface area contributed by atoms with Crippen LogP contribution in [0.3, 0.4) is 0 Å². The maximum absolute atomic E-state index is 15.5. The highest BCUT2D eigenvalue weighted by atomic mass is 35.5. The summed E-state index contributed by atoms with van der Waals surface area (Å²) in [6, 6.07) is 0.0269. The number of aliphatic carboxylic acids is 1. The van der Waals surface area contributed by atoms with Gasteiger partial charge in [0.05, 0.1) is 43.8 Å². The van der Waals surface area contributed by atoms with Crippen molar-refractivity contribution in [1.29, 1.82) is 0 Å². The topological polar surface area (TPSA) is 117 Å². The van der Waals surface area contributed by atoms with Gasteiger partial charge < -0.3 is 15.2 Å². The van der Waals surface area contributed by atoms with E-state index in [0.717, 1.165) is 24.3 Å². The van der Waals surface area contributed by atoms with E-state index in [4.69, 9.17) is 21.2 Å². The third-order valence-electron chi connectivity index (χ3n) is 7.86. The molecule has 4 atom stereocenters. The largest absolute Gasteiger partial charge is 0.481 e. The molecule has 10 nitrogen and oxygen atoms in total. The number of carbonyl (C=O) groups excluding carboxylic acids is 1. The summed E-state index contributed by atoms with van der Waals surface area (Å²) in [6.07, 6.45) is -0.455. The van der Waals surface area contributed by atoms with Gasteiger partial charge in [-0.1, -0.05) is 17.7 Å². The first kappa shape index (κ1) is 31.3. The zero-order valence-corrected chi connectivity index (χ0v) is 24.8. The first-order valence-corrected chi connectivity index (χ1v) is 14.4. The van der Waals surface area contributed by atoms with Crippen LogP contribution < -0.4 is 5.32 Å². The minimum absolute atomic E-state index is 0.00689. The fraction of sp³-hybridized carbons (Fsp3) is 0.481. The number of benzene rings is 1. The highest BCUT2D eigenvalue weighted by Gasteiger charge is 2.61. The number of alkyl halides is 3. The second-order valence-electron chi connectivity index (χ2n) is 11.0. The molecule has 4 heterocycles. The summed E-state index contributed by atoms with van der Waals surface area (Å²) in [6.45, 7) is 0.470. The van der Waals surface area contributed by atoms with Crippen molar-refractivity contribution < 1.29 is 41.8 Å². The van der Waals surface area contributed by atoms with Crippen molar-refractivity contribution in [2.24, 2.45) is 10.4 Å². The number of aliphatic imine (C=N–C) groups is 1. The predicted octanol–water partition coefficient (Wildman–Crippen LogP) is 3.84. The van der Waals surface area contributed by atoms with E-state index in [9.17, 15) is 23.5 Å². The lowest BCUT2D eigenvalue weighted by molar-refractivity contribution is -0.196. The fourth-order valence-corrected chi connectivity index (χ4v) is 6.20. The van der Waals surface area contributed by atoms with E-state index >= 15 is 8.78 Å². The molecule has 232 valence electrons. The Bertz CT molecular complexity index is 1470. The molecule has 3 aliphatic rings. The number of hydroxylamine groups is 2. The standard InChI is InChI=1S/C27H28ClF4N5O5S/c1-26(2,25(39)40)18(30)10-37-21-17(11-42-37)36(12-27(21,31)32)9-16-19(24(38)41-3)20(14-5-4-13(29)8-15(14)28)35-22(34-16)23-33-6-7-43-23/h4-8,17-18,20-21H,9-12H2,1-3H3,(H,34,35)(H,39,40)/t17-,18+,20-,21+/m0/s1. The summed E-state index contributed by atoms with van der Waals surface area (Å²) < 4.78 is 64.9. The normalized spacial score (nSPS) is 24.8. The summed E-state index contributed by atoms with van der Waals surface area (Å²) in [5.41, 5.74) is -1.39. The van der Waals surface area contributed by atoms with E-state index in [-0.39, 0.29) is 40.8 Å². The maximum atomic E-state index is 15.5. The Labute approximate surface area is 252 Å². The third kappa shape index (κ3) is 5.88. The molecule has 0 unspecified atom stereocenters. The summed E-state index contributed by atoms with van der Waals surface area (Å²) in [5, 5.41) is 15.4. The molecular weight excluding hydrogens is 618 g/mol. The number of likely N-dealkylation sites (tertiary alicyclic amines) is 1.